The van der Waals surface area contributed by atoms with Gasteiger partial charge in [-0.1, -0.05) is 25.7 Å². The summed E-state index contributed by atoms with van der Waals surface area (Å²) in [7, 11) is 0. The standard InChI is InChI=1S/C15H23N3O/c1-2-16-14-8-7-13(11-18-14)15(19)17-10-9-12-5-3-4-6-12/h7-8,11-12H,2-6,9-10H2,1H3,(H,16,18)(H,17,19). The van der Waals surface area contributed by atoms with E-state index in [0.717, 1.165) is 31.2 Å². The van der Waals surface area contributed by atoms with Gasteiger partial charge >= 0.3 is 0 Å². The molecule has 104 valence electrons. The van der Waals surface area contributed by atoms with Crippen LogP contribution in [0.1, 0.15) is 49.4 Å². The quantitative estimate of drug-likeness (QED) is 0.828. The molecule has 2 N–H and O–H groups in total. The molecule has 1 aliphatic rings. The molecule has 0 radical (unpaired) electrons. The minimum absolute atomic E-state index is 0.0199. The summed E-state index contributed by atoms with van der Waals surface area (Å²) in [5.74, 6) is 1.60. The van der Waals surface area contributed by atoms with Crippen LogP contribution in [0.5, 0.6) is 0 Å². The zero-order valence-electron chi connectivity index (χ0n) is 11.6. The lowest BCUT2D eigenvalue weighted by Gasteiger charge is -2.10. The molecule has 0 spiro atoms. The number of amides is 1. The van der Waals surface area contributed by atoms with Crippen LogP contribution in [0.15, 0.2) is 18.3 Å². The number of pyridine rings is 1. The van der Waals surface area contributed by atoms with Crippen LogP contribution in [-0.4, -0.2) is 24.0 Å². The monoisotopic (exact) mass is 261 g/mol. The zero-order chi connectivity index (χ0) is 13.5. The van der Waals surface area contributed by atoms with Crippen LogP contribution in [-0.2, 0) is 0 Å². The van der Waals surface area contributed by atoms with Gasteiger partial charge in [0, 0.05) is 19.3 Å². The van der Waals surface area contributed by atoms with E-state index in [-0.39, 0.29) is 5.91 Å². The number of hydrogen-bond donors (Lipinski definition) is 2. The minimum atomic E-state index is -0.0199. The summed E-state index contributed by atoms with van der Waals surface area (Å²) in [5.41, 5.74) is 0.632. The van der Waals surface area contributed by atoms with Crippen molar-refractivity contribution < 1.29 is 4.79 Å². The summed E-state index contributed by atoms with van der Waals surface area (Å²) in [5, 5.41) is 6.09. The van der Waals surface area contributed by atoms with Crippen LogP contribution in [0.4, 0.5) is 5.82 Å². The molecule has 1 aromatic heterocycles. The van der Waals surface area contributed by atoms with Crippen molar-refractivity contribution in [3.63, 3.8) is 0 Å². The molecule has 4 nitrogen and oxygen atoms in total. The highest BCUT2D eigenvalue weighted by Gasteiger charge is 2.15. The van der Waals surface area contributed by atoms with Crippen molar-refractivity contribution in [2.45, 2.75) is 39.0 Å². The number of rotatable bonds is 6. The fourth-order valence-corrected chi connectivity index (χ4v) is 2.60. The molecular weight excluding hydrogens is 238 g/mol. The fourth-order valence-electron chi connectivity index (χ4n) is 2.60. The first-order chi connectivity index (χ1) is 9.29. The third kappa shape index (κ3) is 4.23. The molecule has 2 rings (SSSR count). The number of carbonyl (C=O) groups excluding carboxylic acids is 1. The SMILES string of the molecule is CCNc1ccc(C(=O)NCCC2CCCC2)cn1. The van der Waals surface area contributed by atoms with E-state index in [0.29, 0.717) is 5.56 Å². The minimum Gasteiger partial charge on any atom is -0.370 e. The molecule has 1 aromatic rings. The Balaban J connectivity index is 1.75. The zero-order valence-corrected chi connectivity index (χ0v) is 11.6. The summed E-state index contributed by atoms with van der Waals surface area (Å²) in [4.78, 5) is 16.1. The fraction of sp³-hybridized carbons (Fsp3) is 0.600. The molecule has 1 amide bonds. The summed E-state index contributed by atoms with van der Waals surface area (Å²) in [6, 6.07) is 3.66. The van der Waals surface area contributed by atoms with Gasteiger partial charge in [0.25, 0.3) is 5.91 Å². The van der Waals surface area contributed by atoms with Gasteiger partial charge in [0.15, 0.2) is 0 Å². The second-order valence-electron chi connectivity index (χ2n) is 5.16. The van der Waals surface area contributed by atoms with Crippen LogP contribution in [0, 0.1) is 5.92 Å². The Bertz CT molecular complexity index is 396. The number of nitrogens with one attached hydrogen (secondary N) is 2. The third-order valence-corrected chi connectivity index (χ3v) is 3.70. The molecule has 4 heteroatoms. The predicted molar refractivity (Wildman–Crippen MR) is 77.3 cm³/mol. The summed E-state index contributed by atoms with van der Waals surface area (Å²) >= 11 is 0. The van der Waals surface area contributed by atoms with Crippen LogP contribution < -0.4 is 10.6 Å². The molecule has 1 fully saturated rings. The molecular formula is C15H23N3O. The predicted octanol–water partition coefficient (Wildman–Crippen LogP) is 2.82. The highest BCUT2D eigenvalue weighted by Crippen LogP contribution is 2.26. The van der Waals surface area contributed by atoms with Crippen molar-refractivity contribution in [3.05, 3.63) is 23.9 Å². The normalized spacial score (nSPS) is 15.4. The van der Waals surface area contributed by atoms with E-state index < -0.39 is 0 Å². The lowest BCUT2D eigenvalue weighted by Crippen LogP contribution is -2.25. The van der Waals surface area contributed by atoms with Crippen LogP contribution in [0.2, 0.25) is 0 Å². The van der Waals surface area contributed by atoms with Crippen LogP contribution in [0.3, 0.4) is 0 Å². The molecule has 0 saturated heterocycles. The molecule has 0 atom stereocenters. The van der Waals surface area contributed by atoms with Crippen molar-refractivity contribution in [3.8, 4) is 0 Å². The average molecular weight is 261 g/mol. The lowest BCUT2D eigenvalue weighted by molar-refractivity contribution is 0.0951. The maximum Gasteiger partial charge on any atom is 0.252 e. The van der Waals surface area contributed by atoms with Gasteiger partial charge in [-0.2, -0.15) is 0 Å². The smallest absolute Gasteiger partial charge is 0.252 e. The van der Waals surface area contributed by atoms with Gasteiger partial charge in [-0.25, -0.2) is 4.98 Å². The number of anilines is 1. The van der Waals surface area contributed by atoms with Gasteiger partial charge in [-0.05, 0) is 31.4 Å². The molecule has 0 aliphatic heterocycles. The van der Waals surface area contributed by atoms with E-state index in [9.17, 15) is 4.79 Å². The van der Waals surface area contributed by atoms with Crippen molar-refractivity contribution in [2.24, 2.45) is 5.92 Å². The van der Waals surface area contributed by atoms with E-state index in [1.54, 1.807) is 6.20 Å². The third-order valence-electron chi connectivity index (χ3n) is 3.70. The first-order valence-electron chi connectivity index (χ1n) is 7.27. The van der Waals surface area contributed by atoms with Crippen LogP contribution in [0.25, 0.3) is 0 Å². The first-order valence-corrected chi connectivity index (χ1v) is 7.27. The Kier molecular flexibility index (Phi) is 5.19. The van der Waals surface area contributed by atoms with E-state index >= 15 is 0 Å². The molecule has 0 unspecified atom stereocenters. The van der Waals surface area contributed by atoms with Gasteiger partial charge in [0.1, 0.15) is 5.82 Å². The van der Waals surface area contributed by atoms with Gasteiger partial charge in [-0.15, -0.1) is 0 Å². The van der Waals surface area contributed by atoms with Gasteiger partial charge in [0.05, 0.1) is 5.56 Å². The van der Waals surface area contributed by atoms with Crippen molar-refractivity contribution in [1.82, 2.24) is 10.3 Å². The van der Waals surface area contributed by atoms with Gasteiger partial charge < -0.3 is 10.6 Å². The Hall–Kier alpha value is -1.58. The number of carbonyl (C=O) groups is 1. The van der Waals surface area contributed by atoms with E-state index in [4.69, 9.17) is 0 Å². The van der Waals surface area contributed by atoms with Crippen LogP contribution >= 0.6 is 0 Å². The topological polar surface area (TPSA) is 54.0 Å². The van der Waals surface area contributed by atoms with Gasteiger partial charge in [-0.3, -0.25) is 4.79 Å². The number of nitrogens with zero attached hydrogens (tertiary/aromatic N) is 1. The van der Waals surface area contributed by atoms with Crippen molar-refractivity contribution in [2.75, 3.05) is 18.4 Å². The van der Waals surface area contributed by atoms with E-state index in [1.165, 1.54) is 25.7 Å². The second-order valence-corrected chi connectivity index (χ2v) is 5.16. The maximum atomic E-state index is 11.9. The molecule has 1 heterocycles. The Morgan fingerprint density at radius 3 is 2.79 bits per heavy atom. The average Bonchev–Trinajstić information content (AvgIpc) is 2.93. The summed E-state index contributed by atoms with van der Waals surface area (Å²) < 4.78 is 0. The van der Waals surface area contributed by atoms with E-state index in [1.807, 2.05) is 19.1 Å². The Morgan fingerprint density at radius 1 is 1.37 bits per heavy atom. The highest BCUT2D eigenvalue weighted by atomic mass is 16.1. The van der Waals surface area contributed by atoms with Gasteiger partial charge in [0.2, 0.25) is 0 Å². The molecule has 1 saturated carbocycles. The summed E-state index contributed by atoms with van der Waals surface area (Å²) in [6.45, 7) is 3.63. The number of aromatic nitrogens is 1. The van der Waals surface area contributed by atoms with Crippen molar-refractivity contribution >= 4 is 11.7 Å². The molecule has 19 heavy (non-hydrogen) atoms. The Morgan fingerprint density at radius 2 is 2.16 bits per heavy atom. The first kappa shape index (κ1) is 13.8. The Labute approximate surface area is 115 Å². The van der Waals surface area contributed by atoms with Crippen molar-refractivity contribution in [1.29, 1.82) is 0 Å². The molecule has 0 aromatic carbocycles. The maximum absolute atomic E-state index is 11.9. The highest BCUT2D eigenvalue weighted by molar-refractivity contribution is 5.94. The molecule has 0 bridgehead atoms. The summed E-state index contributed by atoms with van der Waals surface area (Å²) in [6.07, 6.45) is 8.10. The number of hydrogen-bond acceptors (Lipinski definition) is 3. The second kappa shape index (κ2) is 7.12. The lowest BCUT2D eigenvalue weighted by atomic mass is 10.0. The molecule has 1 aliphatic carbocycles. The van der Waals surface area contributed by atoms with E-state index in [2.05, 4.69) is 15.6 Å². The largest absolute Gasteiger partial charge is 0.370 e.